The van der Waals surface area contributed by atoms with Crippen LogP contribution in [-0.2, 0) is 0 Å². The third-order valence-corrected chi connectivity index (χ3v) is 7.81. The number of benzene rings is 2. The number of hydrogen-bond acceptors (Lipinski definition) is 4. The first kappa shape index (κ1) is 25.8. The predicted octanol–water partition coefficient (Wildman–Crippen LogP) is 7.49. The van der Waals surface area contributed by atoms with Gasteiger partial charge in [0.25, 0.3) is 0 Å². The molecule has 1 aliphatic rings. The molecule has 35 heavy (non-hydrogen) atoms. The van der Waals surface area contributed by atoms with E-state index in [0.29, 0.717) is 12.0 Å². The first-order valence-corrected chi connectivity index (χ1v) is 13.7. The summed E-state index contributed by atoms with van der Waals surface area (Å²) in [5, 5.41) is 10.9. The lowest BCUT2D eigenvalue weighted by Crippen LogP contribution is -2.42. The van der Waals surface area contributed by atoms with Gasteiger partial charge in [-0.2, -0.15) is 0 Å². The SMILES string of the molecule is CC(C)c1cc(Br)c(NC(=O)N[C@H]2CC[C@@H](Nc3cc(N(C)C)c4ccccc4n3)CC2)c(Br)c1. The van der Waals surface area contributed by atoms with Crippen LogP contribution in [0.1, 0.15) is 51.0 Å². The number of nitrogens with zero attached hydrogens (tertiary/aromatic N) is 2. The molecule has 0 saturated heterocycles. The number of carbonyl (C=O) groups excluding carboxylic acids is 1. The predicted molar refractivity (Wildman–Crippen MR) is 154 cm³/mol. The minimum Gasteiger partial charge on any atom is -0.377 e. The number of halogens is 2. The zero-order chi connectivity index (χ0) is 25.1. The Balaban J connectivity index is 1.33. The number of amides is 2. The van der Waals surface area contributed by atoms with Crippen molar-refractivity contribution in [2.45, 2.75) is 57.5 Å². The molecule has 186 valence electrons. The van der Waals surface area contributed by atoms with Gasteiger partial charge in [-0.25, -0.2) is 9.78 Å². The first-order chi connectivity index (χ1) is 16.7. The summed E-state index contributed by atoms with van der Waals surface area (Å²) in [5.74, 6) is 1.31. The van der Waals surface area contributed by atoms with E-state index in [1.54, 1.807) is 0 Å². The van der Waals surface area contributed by atoms with E-state index >= 15 is 0 Å². The highest BCUT2D eigenvalue weighted by Crippen LogP contribution is 2.35. The summed E-state index contributed by atoms with van der Waals surface area (Å²) in [6.07, 6.45) is 3.81. The molecule has 6 nitrogen and oxygen atoms in total. The summed E-state index contributed by atoms with van der Waals surface area (Å²) in [7, 11) is 4.12. The molecule has 2 amide bonds. The van der Waals surface area contributed by atoms with Crippen LogP contribution in [0.2, 0.25) is 0 Å². The summed E-state index contributed by atoms with van der Waals surface area (Å²) in [5.41, 5.74) is 4.11. The number of urea groups is 1. The number of nitrogens with one attached hydrogen (secondary N) is 3. The van der Waals surface area contributed by atoms with Crippen LogP contribution in [0.15, 0.2) is 51.4 Å². The standard InChI is InChI=1S/C27H33Br2N5O/c1-16(2)17-13-21(28)26(22(29)14-17)33-27(35)31-19-11-9-18(10-12-19)30-25-15-24(34(3)4)20-7-5-6-8-23(20)32-25/h5-8,13-16,18-19H,9-12H2,1-4H3,(H,30,32)(H2,31,33,35)/t18-,19+. The molecular weight excluding hydrogens is 570 g/mol. The second-order valence-electron chi connectivity index (χ2n) is 9.74. The minimum atomic E-state index is -0.174. The second-order valence-corrected chi connectivity index (χ2v) is 11.5. The molecule has 3 N–H and O–H groups in total. The highest BCUT2D eigenvalue weighted by molar-refractivity contribution is 9.11. The Hall–Kier alpha value is -2.32. The van der Waals surface area contributed by atoms with Crippen LogP contribution in [0.3, 0.4) is 0 Å². The third kappa shape index (κ3) is 6.28. The Labute approximate surface area is 224 Å². The molecule has 1 aromatic heterocycles. The number of pyridine rings is 1. The normalized spacial score (nSPS) is 17.9. The van der Waals surface area contributed by atoms with Crippen molar-refractivity contribution >= 4 is 66.0 Å². The minimum absolute atomic E-state index is 0.155. The van der Waals surface area contributed by atoms with Gasteiger partial charge in [-0.15, -0.1) is 0 Å². The lowest BCUT2D eigenvalue weighted by atomic mass is 9.91. The number of aromatic nitrogens is 1. The molecular formula is C27H33Br2N5O. The van der Waals surface area contributed by atoms with E-state index < -0.39 is 0 Å². The van der Waals surface area contributed by atoms with E-state index in [4.69, 9.17) is 4.98 Å². The second kappa shape index (κ2) is 11.2. The molecule has 3 aromatic rings. The molecule has 0 radical (unpaired) electrons. The summed E-state index contributed by atoms with van der Waals surface area (Å²) in [4.78, 5) is 19.7. The molecule has 1 heterocycles. The molecule has 1 saturated carbocycles. The highest BCUT2D eigenvalue weighted by atomic mass is 79.9. The van der Waals surface area contributed by atoms with Gasteiger partial charge < -0.3 is 20.9 Å². The maximum absolute atomic E-state index is 12.7. The van der Waals surface area contributed by atoms with Gasteiger partial charge in [0.05, 0.1) is 11.2 Å². The molecule has 0 atom stereocenters. The maximum atomic E-state index is 12.7. The molecule has 8 heteroatoms. The van der Waals surface area contributed by atoms with Crippen LogP contribution in [0.5, 0.6) is 0 Å². The van der Waals surface area contributed by atoms with Crippen LogP contribution in [0.25, 0.3) is 10.9 Å². The van der Waals surface area contributed by atoms with Crippen LogP contribution < -0.4 is 20.9 Å². The zero-order valence-corrected chi connectivity index (χ0v) is 23.8. The monoisotopic (exact) mass is 601 g/mol. The third-order valence-electron chi connectivity index (χ3n) is 6.56. The fourth-order valence-corrected chi connectivity index (χ4v) is 5.99. The van der Waals surface area contributed by atoms with Crippen molar-refractivity contribution < 1.29 is 4.79 Å². The van der Waals surface area contributed by atoms with Gasteiger partial charge in [0.15, 0.2) is 0 Å². The molecule has 1 fully saturated rings. The smallest absolute Gasteiger partial charge is 0.319 e. The average molecular weight is 603 g/mol. The van der Waals surface area contributed by atoms with Gasteiger partial charge in [-0.1, -0.05) is 32.0 Å². The van der Waals surface area contributed by atoms with Crippen molar-refractivity contribution in [1.29, 1.82) is 0 Å². The van der Waals surface area contributed by atoms with Crippen LogP contribution in [-0.4, -0.2) is 37.2 Å². The molecule has 4 rings (SSSR count). The van der Waals surface area contributed by atoms with E-state index in [9.17, 15) is 4.79 Å². The van der Waals surface area contributed by atoms with Crippen molar-refractivity contribution in [3.05, 3.63) is 57.0 Å². The van der Waals surface area contributed by atoms with E-state index in [0.717, 1.165) is 62.7 Å². The average Bonchev–Trinajstić information content (AvgIpc) is 2.82. The first-order valence-electron chi connectivity index (χ1n) is 12.1. The van der Waals surface area contributed by atoms with Gasteiger partial charge in [-0.3, -0.25) is 0 Å². The van der Waals surface area contributed by atoms with Gasteiger partial charge in [0.1, 0.15) is 5.82 Å². The molecule has 0 bridgehead atoms. The number of para-hydroxylation sites is 1. The van der Waals surface area contributed by atoms with Gasteiger partial charge in [0, 0.05) is 52.3 Å². The fraction of sp³-hybridized carbons (Fsp3) is 0.407. The Morgan fingerprint density at radius 2 is 1.63 bits per heavy atom. The summed E-state index contributed by atoms with van der Waals surface area (Å²) < 4.78 is 1.75. The van der Waals surface area contributed by atoms with Crippen molar-refractivity contribution in [2.75, 3.05) is 29.6 Å². The van der Waals surface area contributed by atoms with Crippen molar-refractivity contribution in [3.8, 4) is 0 Å². The van der Waals surface area contributed by atoms with E-state index in [1.807, 2.05) is 12.1 Å². The Morgan fingerprint density at radius 3 is 2.26 bits per heavy atom. The topological polar surface area (TPSA) is 69.3 Å². The summed E-state index contributed by atoms with van der Waals surface area (Å²) in [6, 6.07) is 14.8. The Kier molecular flexibility index (Phi) is 8.22. The van der Waals surface area contributed by atoms with Crippen LogP contribution >= 0.6 is 31.9 Å². The quantitative estimate of drug-likeness (QED) is 0.273. The van der Waals surface area contributed by atoms with Crippen LogP contribution in [0.4, 0.5) is 22.0 Å². The molecule has 0 unspecified atom stereocenters. The molecule has 1 aliphatic carbocycles. The van der Waals surface area contributed by atoms with Gasteiger partial charge >= 0.3 is 6.03 Å². The molecule has 0 spiro atoms. The summed E-state index contributed by atoms with van der Waals surface area (Å²) in [6.45, 7) is 4.30. The van der Waals surface area contributed by atoms with E-state index in [1.165, 1.54) is 5.56 Å². The Bertz CT molecular complexity index is 1180. The molecule has 2 aromatic carbocycles. The Morgan fingerprint density at radius 1 is 1.00 bits per heavy atom. The molecule has 0 aliphatic heterocycles. The number of anilines is 3. The maximum Gasteiger partial charge on any atom is 0.319 e. The van der Waals surface area contributed by atoms with E-state index in [2.05, 4.69) is 111 Å². The highest BCUT2D eigenvalue weighted by Gasteiger charge is 2.23. The summed E-state index contributed by atoms with van der Waals surface area (Å²) >= 11 is 7.20. The number of rotatable bonds is 6. The van der Waals surface area contributed by atoms with Crippen molar-refractivity contribution in [1.82, 2.24) is 10.3 Å². The lowest BCUT2D eigenvalue weighted by Gasteiger charge is -2.30. The van der Waals surface area contributed by atoms with Crippen molar-refractivity contribution in [2.24, 2.45) is 0 Å². The fourth-order valence-electron chi connectivity index (χ4n) is 4.57. The number of fused-ring (bicyclic) bond motifs is 1. The number of carbonyl (C=O) groups is 1. The van der Waals surface area contributed by atoms with Gasteiger partial charge in [-0.05, 0) is 87.2 Å². The van der Waals surface area contributed by atoms with E-state index in [-0.39, 0.29) is 12.1 Å². The number of hydrogen-bond donors (Lipinski definition) is 3. The van der Waals surface area contributed by atoms with Crippen molar-refractivity contribution in [3.63, 3.8) is 0 Å². The largest absolute Gasteiger partial charge is 0.377 e. The van der Waals surface area contributed by atoms with Crippen LogP contribution in [0, 0.1) is 0 Å². The van der Waals surface area contributed by atoms with Gasteiger partial charge in [0.2, 0.25) is 0 Å². The zero-order valence-electron chi connectivity index (χ0n) is 20.7. The lowest BCUT2D eigenvalue weighted by molar-refractivity contribution is 0.243.